The Morgan fingerprint density at radius 1 is 0.938 bits per heavy atom. The van der Waals surface area contributed by atoms with Gasteiger partial charge in [0.1, 0.15) is 5.69 Å². The molecule has 1 aliphatic rings. The van der Waals surface area contributed by atoms with E-state index in [1.165, 1.54) is 18.3 Å². The third-order valence-corrected chi connectivity index (χ3v) is 5.33. The summed E-state index contributed by atoms with van der Waals surface area (Å²) in [5.41, 5.74) is 2.16. The van der Waals surface area contributed by atoms with Crippen molar-refractivity contribution in [3.63, 3.8) is 0 Å². The summed E-state index contributed by atoms with van der Waals surface area (Å²) in [6.07, 6.45) is -1.68. The van der Waals surface area contributed by atoms with Gasteiger partial charge >= 0.3 is 6.18 Å². The number of fused-ring (bicyclic) bond motifs is 3. The Kier molecular flexibility index (Phi) is 4.47. The zero-order valence-electron chi connectivity index (χ0n) is 16.5. The standard InChI is InChI=1S/C22H14F5N5/c1-31-11-32(13-3-6-18(29-9-13)22(25,26)27)20-15-8-12(2-5-16(15)28-10-17(20)31)14-4-7-19(23)30-21(14)24/h2-10H,11H2,1H3. The Labute approximate surface area is 178 Å². The first-order valence-corrected chi connectivity index (χ1v) is 9.49. The zero-order chi connectivity index (χ0) is 22.6. The third kappa shape index (κ3) is 3.28. The summed E-state index contributed by atoms with van der Waals surface area (Å²) in [5.74, 6) is -1.86. The monoisotopic (exact) mass is 443 g/mol. The average Bonchev–Trinajstić information content (AvgIpc) is 3.10. The third-order valence-electron chi connectivity index (χ3n) is 5.33. The second-order valence-corrected chi connectivity index (χ2v) is 7.36. The first-order chi connectivity index (χ1) is 15.2. The lowest BCUT2D eigenvalue weighted by Crippen LogP contribution is -2.24. The maximum Gasteiger partial charge on any atom is 0.433 e. The highest BCUT2D eigenvalue weighted by molar-refractivity contribution is 6.04. The van der Waals surface area contributed by atoms with Gasteiger partial charge in [-0.05, 0) is 42.0 Å². The Morgan fingerprint density at radius 2 is 1.75 bits per heavy atom. The second kappa shape index (κ2) is 7.11. The molecule has 0 spiro atoms. The van der Waals surface area contributed by atoms with Crippen LogP contribution in [0.2, 0.25) is 0 Å². The van der Waals surface area contributed by atoms with E-state index in [-0.39, 0.29) is 5.56 Å². The highest BCUT2D eigenvalue weighted by Gasteiger charge is 2.33. The molecule has 4 heterocycles. The van der Waals surface area contributed by atoms with Gasteiger partial charge in [-0.3, -0.25) is 4.98 Å². The number of hydrogen-bond donors (Lipinski definition) is 0. The lowest BCUT2D eigenvalue weighted by Gasteiger charge is -2.20. The molecule has 0 unspecified atom stereocenters. The van der Waals surface area contributed by atoms with Crippen molar-refractivity contribution in [3.8, 4) is 11.1 Å². The predicted octanol–water partition coefficient (Wildman–Crippen LogP) is 5.53. The van der Waals surface area contributed by atoms with E-state index in [0.29, 0.717) is 34.5 Å². The van der Waals surface area contributed by atoms with E-state index in [4.69, 9.17) is 0 Å². The van der Waals surface area contributed by atoms with Gasteiger partial charge in [0.2, 0.25) is 11.9 Å². The average molecular weight is 443 g/mol. The number of aromatic nitrogens is 3. The topological polar surface area (TPSA) is 45.2 Å². The van der Waals surface area contributed by atoms with Gasteiger partial charge in [-0.25, -0.2) is 4.98 Å². The number of halogens is 5. The van der Waals surface area contributed by atoms with Crippen molar-refractivity contribution in [3.05, 3.63) is 72.4 Å². The molecule has 0 N–H and O–H groups in total. The molecule has 162 valence electrons. The SMILES string of the molecule is CN1CN(c2ccc(C(F)(F)F)nc2)c2c1cnc1ccc(-c3ccc(F)nc3F)cc21. The first kappa shape index (κ1) is 20.1. The van der Waals surface area contributed by atoms with E-state index in [1.54, 1.807) is 24.4 Å². The van der Waals surface area contributed by atoms with Crippen LogP contribution in [-0.4, -0.2) is 28.7 Å². The van der Waals surface area contributed by atoms with Gasteiger partial charge in [0.25, 0.3) is 0 Å². The van der Waals surface area contributed by atoms with Crippen molar-refractivity contribution >= 4 is 28.0 Å². The maximum atomic E-state index is 14.3. The van der Waals surface area contributed by atoms with E-state index in [0.717, 1.165) is 17.8 Å². The van der Waals surface area contributed by atoms with Crippen LogP contribution in [0.15, 0.2) is 54.9 Å². The van der Waals surface area contributed by atoms with Crippen molar-refractivity contribution < 1.29 is 22.0 Å². The number of nitrogens with zero attached hydrogens (tertiary/aromatic N) is 5. The summed E-state index contributed by atoms with van der Waals surface area (Å²) in [4.78, 5) is 15.0. The number of pyridine rings is 3. The summed E-state index contributed by atoms with van der Waals surface area (Å²) >= 11 is 0. The van der Waals surface area contributed by atoms with E-state index in [1.807, 2.05) is 16.8 Å². The number of hydrogen-bond acceptors (Lipinski definition) is 5. The minimum absolute atomic E-state index is 0.125. The number of rotatable bonds is 2. The fraction of sp³-hybridized carbons (Fsp3) is 0.136. The molecule has 4 aromatic rings. The molecule has 0 aliphatic carbocycles. The Morgan fingerprint density at radius 3 is 2.44 bits per heavy atom. The molecule has 0 bridgehead atoms. The fourth-order valence-electron chi connectivity index (χ4n) is 3.81. The van der Waals surface area contributed by atoms with Crippen LogP contribution >= 0.6 is 0 Å². The molecule has 3 aromatic heterocycles. The number of alkyl halides is 3. The fourth-order valence-corrected chi connectivity index (χ4v) is 3.81. The van der Waals surface area contributed by atoms with Crippen molar-refractivity contribution in [2.45, 2.75) is 6.18 Å². The molecule has 1 aromatic carbocycles. The van der Waals surface area contributed by atoms with Crippen molar-refractivity contribution in [1.29, 1.82) is 0 Å². The Bertz CT molecular complexity index is 1340. The number of benzene rings is 1. The molecule has 5 nitrogen and oxygen atoms in total. The lowest BCUT2D eigenvalue weighted by atomic mass is 10.0. The van der Waals surface area contributed by atoms with Gasteiger partial charge in [-0.15, -0.1) is 0 Å². The van der Waals surface area contributed by atoms with Crippen molar-refractivity contribution in [2.24, 2.45) is 0 Å². The minimum atomic E-state index is -4.53. The largest absolute Gasteiger partial charge is 0.433 e. The van der Waals surface area contributed by atoms with Gasteiger partial charge in [0.15, 0.2) is 0 Å². The van der Waals surface area contributed by atoms with Gasteiger partial charge in [0, 0.05) is 18.0 Å². The van der Waals surface area contributed by atoms with Crippen LogP contribution < -0.4 is 9.80 Å². The van der Waals surface area contributed by atoms with Crippen LogP contribution in [0.25, 0.3) is 22.0 Å². The molecule has 32 heavy (non-hydrogen) atoms. The zero-order valence-corrected chi connectivity index (χ0v) is 16.5. The smallest absolute Gasteiger partial charge is 0.354 e. The van der Waals surface area contributed by atoms with Crippen LogP contribution in [0.5, 0.6) is 0 Å². The molecule has 0 saturated carbocycles. The predicted molar refractivity (Wildman–Crippen MR) is 110 cm³/mol. The highest BCUT2D eigenvalue weighted by atomic mass is 19.4. The van der Waals surface area contributed by atoms with E-state index < -0.39 is 23.8 Å². The molecule has 10 heteroatoms. The Balaban J connectivity index is 1.66. The second-order valence-electron chi connectivity index (χ2n) is 7.36. The molecule has 0 saturated heterocycles. The maximum absolute atomic E-state index is 14.3. The molecule has 0 amide bonds. The highest BCUT2D eigenvalue weighted by Crippen LogP contribution is 2.45. The summed E-state index contributed by atoms with van der Waals surface area (Å²) in [7, 11) is 1.83. The van der Waals surface area contributed by atoms with Gasteiger partial charge in [-0.1, -0.05) is 6.07 Å². The van der Waals surface area contributed by atoms with Crippen LogP contribution in [0.3, 0.4) is 0 Å². The Hall–Kier alpha value is -3.82. The molecule has 0 atom stereocenters. The molecular formula is C22H14F5N5. The first-order valence-electron chi connectivity index (χ1n) is 9.49. The van der Waals surface area contributed by atoms with Crippen LogP contribution in [0.4, 0.5) is 39.0 Å². The van der Waals surface area contributed by atoms with Crippen molar-refractivity contribution in [2.75, 3.05) is 23.5 Å². The van der Waals surface area contributed by atoms with Crippen LogP contribution in [0.1, 0.15) is 5.69 Å². The summed E-state index contributed by atoms with van der Waals surface area (Å²) in [6, 6.07) is 9.74. The lowest BCUT2D eigenvalue weighted by molar-refractivity contribution is -0.141. The molecule has 0 fully saturated rings. The normalized spacial score (nSPS) is 13.7. The number of anilines is 3. The summed E-state index contributed by atoms with van der Waals surface area (Å²) in [6.45, 7) is 0.361. The van der Waals surface area contributed by atoms with E-state index in [2.05, 4.69) is 15.0 Å². The summed E-state index contributed by atoms with van der Waals surface area (Å²) in [5, 5.41) is 0.660. The quantitative estimate of drug-likeness (QED) is 0.301. The molecule has 5 rings (SSSR count). The van der Waals surface area contributed by atoms with E-state index >= 15 is 0 Å². The van der Waals surface area contributed by atoms with Gasteiger partial charge in [-0.2, -0.15) is 26.9 Å². The van der Waals surface area contributed by atoms with E-state index in [9.17, 15) is 22.0 Å². The van der Waals surface area contributed by atoms with Gasteiger partial charge in [0.05, 0.1) is 41.6 Å². The molecular weight excluding hydrogens is 429 g/mol. The minimum Gasteiger partial charge on any atom is -0.354 e. The summed E-state index contributed by atoms with van der Waals surface area (Å²) < 4.78 is 66.2. The van der Waals surface area contributed by atoms with Crippen molar-refractivity contribution in [1.82, 2.24) is 15.0 Å². The molecule has 1 aliphatic heterocycles. The van der Waals surface area contributed by atoms with Crippen LogP contribution in [0, 0.1) is 11.9 Å². The van der Waals surface area contributed by atoms with Crippen LogP contribution in [-0.2, 0) is 6.18 Å². The van der Waals surface area contributed by atoms with Gasteiger partial charge < -0.3 is 9.80 Å². The molecule has 0 radical (unpaired) electrons.